The number of aromatic nitrogens is 4. The fraction of sp³-hybridized carbons (Fsp3) is 0. The number of aromatic amines is 1. The fourth-order valence-electron chi connectivity index (χ4n) is 1.51. The van der Waals surface area contributed by atoms with Crippen molar-refractivity contribution < 1.29 is 0 Å². The molecule has 0 aromatic carbocycles. The Labute approximate surface area is 96.3 Å². The minimum absolute atomic E-state index is 0.437. The van der Waals surface area contributed by atoms with E-state index in [1.165, 1.54) is 0 Å². The number of fused-ring (bicyclic) bond motifs is 1. The minimum atomic E-state index is 0.437. The Morgan fingerprint density at radius 3 is 2.88 bits per heavy atom. The smallest absolute Gasteiger partial charge is 0.181 e. The van der Waals surface area contributed by atoms with E-state index in [9.17, 15) is 0 Å². The predicted octanol–water partition coefficient (Wildman–Crippen LogP) is 2.67. The molecule has 16 heavy (non-hydrogen) atoms. The number of nitrogens with one attached hydrogen (secondary N) is 1. The number of pyridine rings is 1. The average Bonchev–Trinajstić information content (AvgIpc) is 2.79. The first-order valence-electron chi connectivity index (χ1n) is 4.76. The zero-order valence-corrected chi connectivity index (χ0v) is 8.94. The van der Waals surface area contributed by atoms with E-state index in [1.807, 2.05) is 24.3 Å². The predicted molar refractivity (Wildman–Crippen MR) is 62.1 cm³/mol. The van der Waals surface area contributed by atoms with Crippen LogP contribution in [0.25, 0.3) is 22.6 Å². The summed E-state index contributed by atoms with van der Waals surface area (Å²) in [5, 5.41) is 1.26. The van der Waals surface area contributed by atoms with Crippen molar-refractivity contribution in [1.82, 2.24) is 19.9 Å². The molecule has 0 radical (unpaired) electrons. The summed E-state index contributed by atoms with van der Waals surface area (Å²) in [5.41, 5.74) is 1.43. The van der Waals surface area contributed by atoms with Gasteiger partial charge in [0, 0.05) is 12.4 Å². The van der Waals surface area contributed by atoms with E-state index in [1.54, 1.807) is 12.4 Å². The molecule has 1 N–H and O–H groups in total. The van der Waals surface area contributed by atoms with Crippen LogP contribution in [-0.4, -0.2) is 19.9 Å². The number of nitrogens with zero attached hydrogens (tertiary/aromatic N) is 3. The molecule has 4 nitrogen and oxygen atoms in total. The summed E-state index contributed by atoms with van der Waals surface area (Å²) in [7, 11) is 0. The van der Waals surface area contributed by atoms with Gasteiger partial charge in [0.2, 0.25) is 0 Å². The average molecular weight is 231 g/mol. The van der Waals surface area contributed by atoms with E-state index in [2.05, 4.69) is 19.9 Å². The number of halogens is 1. The van der Waals surface area contributed by atoms with E-state index >= 15 is 0 Å². The summed E-state index contributed by atoms with van der Waals surface area (Å²) in [5.74, 6) is 0.528. The summed E-state index contributed by atoms with van der Waals surface area (Å²) < 4.78 is 0. The third-order valence-corrected chi connectivity index (χ3v) is 2.55. The lowest BCUT2D eigenvalue weighted by Crippen LogP contribution is -1.92. The molecule has 0 aliphatic rings. The SMILES string of the molecule is Clc1nc(-c2ccccn2)nc2[nH]ccc12. The summed E-state index contributed by atoms with van der Waals surface area (Å²) in [6.45, 7) is 0. The van der Waals surface area contributed by atoms with Crippen molar-refractivity contribution in [3.8, 4) is 11.5 Å². The van der Waals surface area contributed by atoms with Gasteiger partial charge < -0.3 is 4.98 Å². The third kappa shape index (κ3) is 1.44. The molecule has 78 valence electrons. The van der Waals surface area contributed by atoms with Gasteiger partial charge in [0.15, 0.2) is 5.82 Å². The molecule has 0 atom stereocenters. The standard InChI is InChI=1S/C11H7ClN4/c12-9-7-4-6-14-10(7)16-11(15-9)8-3-1-2-5-13-8/h1-6H,(H,14,15,16). The number of rotatable bonds is 1. The van der Waals surface area contributed by atoms with Crippen LogP contribution >= 0.6 is 11.6 Å². The van der Waals surface area contributed by atoms with Crippen LogP contribution in [0.1, 0.15) is 0 Å². The zero-order chi connectivity index (χ0) is 11.0. The van der Waals surface area contributed by atoms with E-state index in [-0.39, 0.29) is 0 Å². The molecular weight excluding hydrogens is 224 g/mol. The Kier molecular flexibility index (Phi) is 2.08. The summed E-state index contributed by atoms with van der Waals surface area (Å²) >= 11 is 6.05. The maximum absolute atomic E-state index is 6.05. The van der Waals surface area contributed by atoms with Crippen LogP contribution in [0.4, 0.5) is 0 Å². The van der Waals surface area contributed by atoms with Gasteiger partial charge in [0.05, 0.1) is 5.39 Å². The molecule has 0 saturated carbocycles. The molecule has 3 aromatic heterocycles. The maximum atomic E-state index is 6.05. The second-order valence-corrected chi connectivity index (χ2v) is 3.65. The molecule has 0 saturated heterocycles. The molecule has 0 bridgehead atoms. The van der Waals surface area contributed by atoms with Crippen molar-refractivity contribution in [2.24, 2.45) is 0 Å². The summed E-state index contributed by atoms with van der Waals surface area (Å²) in [6, 6.07) is 7.43. The molecule has 0 fully saturated rings. The third-order valence-electron chi connectivity index (χ3n) is 2.26. The molecule has 3 rings (SSSR count). The van der Waals surface area contributed by atoms with E-state index in [0.717, 1.165) is 11.0 Å². The van der Waals surface area contributed by atoms with Crippen molar-refractivity contribution in [3.05, 3.63) is 41.8 Å². The van der Waals surface area contributed by atoms with Crippen molar-refractivity contribution in [3.63, 3.8) is 0 Å². The highest BCUT2D eigenvalue weighted by Crippen LogP contribution is 2.22. The Hall–Kier alpha value is -1.94. The lowest BCUT2D eigenvalue weighted by molar-refractivity contribution is 1.16. The highest BCUT2D eigenvalue weighted by molar-refractivity contribution is 6.34. The lowest BCUT2D eigenvalue weighted by atomic mass is 10.3. The van der Waals surface area contributed by atoms with Crippen LogP contribution in [0, 0.1) is 0 Å². The van der Waals surface area contributed by atoms with E-state index < -0.39 is 0 Å². The lowest BCUT2D eigenvalue weighted by Gasteiger charge is -2.00. The largest absolute Gasteiger partial charge is 0.346 e. The van der Waals surface area contributed by atoms with Gasteiger partial charge in [-0.2, -0.15) is 0 Å². The Morgan fingerprint density at radius 1 is 1.12 bits per heavy atom. The van der Waals surface area contributed by atoms with Gasteiger partial charge in [0.25, 0.3) is 0 Å². The Bertz CT molecular complexity index is 633. The Morgan fingerprint density at radius 2 is 2.06 bits per heavy atom. The highest BCUT2D eigenvalue weighted by Gasteiger charge is 2.08. The number of hydrogen-bond acceptors (Lipinski definition) is 3. The van der Waals surface area contributed by atoms with Crippen LogP contribution in [-0.2, 0) is 0 Å². The van der Waals surface area contributed by atoms with Gasteiger partial charge in [-0.25, -0.2) is 9.97 Å². The van der Waals surface area contributed by atoms with Crippen LogP contribution in [0.5, 0.6) is 0 Å². The van der Waals surface area contributed by atoms with Gasteiger partial charge in [0.1, 0.15) is 16.5 Å². The quantitative estimate of drug-likeness (QED) is 0.654. The summed E-state index contributed by atoms with van der Waals surface area (Å²) in [6.07, 6.45) is 3.49. The molecule has 3 aromatic rings. The molecular formula is C11H7ClN4. The molecule has 0 unspecified atom stereocenters. The van der Waals surface area contributed by atoms with Crippen molar-refractivity contribution in [2.45, 2.75) is 0 Å². The molecule has 0 aliphatic heterocycles. The first-order chi connectivity index (χ1) is 7.84. The molecule has 5 heteroatoms. The first kappa shape index (κ1) is 9.30. The number of H-pyrrole nitrogens is 1. The molecule has 3 heterocycles. The van der Waals surface area contributed by atoms with E-state index in [0.29, 0.717) is 16.7 Å². The van der Waals surface area contributed by atoms with Gasteiger partial charge >= 0.3 is 0 Å². The normalized spacial score (nSPS) is 10.8. The topological polar surface area (TPSA) is 54.5 Å². The highest BCUT2D eigenvalue weighted by atomic mass is 35.5. The summed E-state index contributed by atoms with van der Waals surface area (Å²) in [4.78, 5) is 15.8. The van der Waals surface area contributed by atoms with Crippen molar-refractivity contribution in [2.75, 3.05) is 0 Å². The van der Waals surface area contributed by atoms with Crippen molar-refractivity contribution >= 4 is 22.6 Å². The maximum Gasteiger partial charge on any atom is 0.181 e. The first-order valence-corrected chi connectivity index (χ1v) is 5.14. The van der Waals surface area contributed by atoms with Crippen LogP contribution in [0.3, 0.4) is 0 Å². The van der Waals surface area contributed by atoms with Gasteiger partial charge in [-0.15, -0.1) is 0 Å². The zero-order valence-electron chi connectivity index (χ0n) is 8.18. The minimum Gasteiger partial charge on any atom is -0.346 e. The molecule has 0 spiro atoms. The van der Waals surface area contributed by atoms with Gasteiger partial charge in [-0.05, 0) is 18.2 Å². The fourth-order valence-corrected chi connectivity index (χ4v) is 1.75. The molecule has 0 amide bonds. The molecule has 0 aliphatic carbocycles. The number of hydrogen-bond donors (Lipinski definition) is 1. The Balaban J connectivity index is 2.25. The van der Waals surface area contributed by atoms with Crippen LogP contribution < -0.4 is 0 Å². The van der Waals surface area contributed by atoms with Gasteiger partial charge in [-0.3, -0.25) is 4.98 Å². The van der Waals surface area contributed by atoms with Crippen LogP contribution in [0.2, 0.25) is 5.15 Å². The van der Waals surface area contributed by atoms with Crippen LogP contribution in [0.15, 0.2) is 36.7 Å². The second kappa shape index (κ2) is 3.57. The van der Waals surface area contributed by atoms with Crippen molar-refractivity contribution in [1.29, 1.82) is 0 Å². The van der Waals surface area contributed by atoms with Gasteiger partial charge in [-0.1, -0.05) is 17.7 Å². The monoisotopic (exact) mass is 230 g/mol. The second-order valence-electron chi connectivity index (χ2n) is 3.29. The van der Waals surface area contributed by atoms with E-state index in [4.69, 9.17) is 11.6 Å².